The van der Waals surface area contributed by atoms with Crippen molar-refractivity contribution in [2.45, 2.75) is 25.9 Å². The van der Waals surface area contributed by atoms with E-state index >= 15 is 0 Å². The zero-order valence-corrected chi connectivity index (χ0v) is 9.28. The number of halogens is 1. The van der Waals surface area contributed by atoms with E-state index in [-0.39, 0.29) is 25.1 Å². The lowest BCUT2D eigenvalue weighted by atomic mass is 9.89. The summed E-state index contributed by atoms with van der Waals surface area (Å²) in [4.78, 5) is 10.8. The Morgan fingerprint density at radius 3 is 2.53 bits per heavy atom. The molecule has 3 N–H and O–H groups in total. The Balaban J connectivity index is 4.26. The molecule has 3 atom stereocenters. The fraction of sp³-hybridized carbons (Fsp3) is 0.900. The molecule has 0 rings (SSSR count). The molecule has 4 nitrogen and oxygen atoms in total. The largest absolute Gasteiger partial charge is 0.479 e. The van der Waals surface area contributed by atoms with Crippen LogP contribution in [0.3, 0.4) is 0 Å². The summed E-state index contributed by atoms with van der Waals surface area (Å²) in [6.07, 6.45) is 0.120. The predicted octanol–water partition coefficient (Wildman–Crippen LogP) is 1.05. The number of hydrogen-bond donors (Lipinski definition) is 2. The van der Waals surface area contributed by atoms with Gasteiger partial charge in [0.15, 0.2) is 6.10 Å². The first-order chi connectivity index (χ1) is 7.06. The van der Waals surface area contributed by atoms with Crippen LogP contribution in [0.1, 0.15) is 19.8 Å². The number of ether oxygens (including phenoxy) is 1. The van der Waals surface area contributed by atoms with Crippen molar-refractivity contribution in [3.8, 4) is 0 Å². The van der Waals surface area contributed by atoms with Gasteiger partial charge in [-0.2, -0.15) is 0 Å². The van der Waals surface area contributed by atoms with E-state index in [1.165, 1.54) is 7.11 Å². The summed E-state index contributed by atoms with van der Waals surface area (Å²) in [6.45, 7) is 1.74. The zero-order chi connectivity index (χ0) is 11.8. The summed E-state index contributed by atoms with van der Waals surface area (Å²) in [5.41, 5.74) is 5.49. The summed E-state index contributed by atoms with van der Waals surface area (Å²) < 4.78 is 16.9. The molecule has 0 radical (unpaired) electrons. The van der Waals surface area contributed by atoms with Crippen molar-refractivity contribution in [2.24, 2.45) is 17.6 Å². The van der Waals surface area contributed by atoms with Gasteiger partial charge in [-0.1, -0.05) is 6.92 Å². The molecule has 0 aromatic rings. The van der Waals surface area contributed by atoms with E-state index in [4.69, 9.17) is 15.6 Å². The van der Waals surface area contributed by atoms with Crippen LogP contribution >= 0.6 is 0 Å². The molecular weight excluding hydrogens is 201 g/mol. The van der Waals surface area contributed by atoms with Crippen LogP contribution in [0, 0.1) is 11.8 Å². The molecule has 5 heteroatoms. The number of carboxylic acids is 1. The molecule has 0 bridgehead atoms. The van der Waals surface area contributed by atoms with Gasteiger partial charge >= 0.3 is 5.97 Å². The van der Waals surface area contributed by atoms with Crippen LogP contribution < -0.4 is 5.73 Å². The highest BCUT2D eigenvalue weighted by molar-refractivity contribution is 5.72. The molecule has 0 aliphatic rings. The van der Waals surface area contributed by atoms with Crippen molar-refractivity contribution in [2.75, 3.05) is 20.3 Å². The van der Waals surface area contributed by atoms with Gasteiger partial charge in [-0.05, 0) is 25.3 Å². The maximum atomic E-state index is 12.1. The SMILES string of the molecule is COC(C(=O)O)[C@H](CN)C[C@H](C)CCF. The van der Waals surface area contributed by atoms with E-state index in [0.29, 0.717) is 12.8 Å². The summed E-state index contributed by atoms with van der Waals surface area (Å²) >= 11 is 0. The van der Waals surface area contributed by atoms with Gasteiger partial charge < -0.3 is 15.6 Å². The van der Waals surface area contributed by atoms with Crippen molar-refractivity contribution in [3.05, 3.63) is 0 Å². The van der Waals surface area contributed by atoms with Crippen molar-refractivity contribution in [1.82, 2.24) is 0 Å². The third kappa shape index (κ3) is 5.09. The molecule has 0 aliphatic carbocycles. The van der Waals surface area contributed by atoms with Gasteiger partial charge in [0.2, 0.25) is 0 Å². The van der Waals surface area contributed by atoms with Gasteiger partial charge in [0.25, 0.3) is 0 Å². The van der Waals surface area contributed by atoms with Crippen LogP contribution in [-0.2, 0) is 9.53 Å². The molecule has 1 unspecified atom stereocenters. The molecule has 0 heterocycles. The zero-order valence-electron chi connectivity index (χ0n) is 9.28. The molecule has 0 aromatic carbocycles. The first-order valence-corrected chi connectivity index (χ1v) is 5.08. The third-order valence-electron chi connectivity index (χ3n) is 2.54. The lowest BCUT2D eigenvalue weighted by Crippen LogP contribution is -2.37. The van der Waals surface area contributed by atoms with Crippen LogP contribution in [0.5, 0.6) is 0 Å². The van der Waals surface area contributed by atoms with E-state index < -0.39 is 12.1 Å². The quantitative estimate of drug-likeness (QED) is 0.642. The second kappa shape index (κ2) is 7.59. The van der Waals surface area contributed by atoms with Crippen LogP contribution in [0.25, 0.3) is 0 Å². The number of carboxylic acid groups (broad SMARTS) is 1. The lowest BCUT2D eigenvalue weighted by Gasteiger charge is -2.23. The van der Waals surface area contributed by atoms with E-state index in [1.54, 1.807) is 0 Å². The lowest BCUT2D eigenvalue weighted by molar-refractivity contribution is -0.152. The minimum atomic E-state index is -1.01. The number of rotatable bonds is 8. The van der Waals surface area contributed by atoms with Gasteiger partial charge in [-0.25, -0.2) is 4.79 Å². The second-order valence-electron chi connectivity index (χ2n) is 3.81. The van der Waals surface area contributed by atoms with Gasteiger partial charge in [-0.3, -0.25) is 4.39 Å². The van der Waals surface area contributed by atoms with Crippen molar-refractivity contribution in [3.63, 3.8) is 0 Å². The number of nitrogens with two attached hydrogens (primary N) is 1. The van der Waals surface area contributed by atoms with Crippen molar-refractivity contribution >= 4 is 5.97 Å². The van der Waals surface area contributed by atoms with Gasteiger partial charge in [-0.15, -0.1) is 0 Å². The first-order valence-electron chi connectivity index (χ1n) is 5.08. The van der Waals surface area contributed by atoms with Crippen LogP contribution in [-0.4, -0.2) is 37.5 Å². The molecule has 0 fully saturated rings. The van der Waals surface area contributed by atoms with E-state index in [9.17, 15) is 9.18 Å². The fourth-order valence-corrected chi connectivity index (χ4v) is 1.66. The minimum absolute atomic E-state index is 0.126. The van der Waals surface area contributed by atoms with Crippen LogP contribution in [0.2, 0.25) is 0 Å². The average Bonchev–Trinajstić information content (AvgIpc) is 2.17. The molecule has 0 spiro atoms. The predicted molar refractivity (Wildman–Crippen MR) is 55.4 cm³/mol. The molecule has 0 saturated carbocycles. The number of hydrogen-bond acceptors (Lipinski definition) is 3. The first kappa shape index (κ1) is 14.3. The number of methoxy groups -OCH3 is 1. The molecule has 0 saturated heterocycles. The molecule has 0 amide bonds. The van der Waals surface area contributed by atoms with Gasteiger partial charge in [0.05, 0.1) is 6.67 Å². The maximum Gasteiger partial charge on any atom is 0.333 e. The van der Waals surface area contributed by atoms with Crippen molar-refractivity contribution in [1.29, 1.82) is 0 Å². The van der Waals surface area contributed by atoms with E-state index in [0.717, 1.165) is 0 Å². The fourth-order valence-electron chi connectivity index (χ4n) is 1.66. The van der Waals surface area contributed by atoms with Crippen LogP contribution in [0.15, 0.2) is 0 Å². The van der Waals surface area contributed by atoms with Crippen molar-refractivity contribution < 1.29 is 19.0 Å². The summed E-state index contributed by atoms with van der Waals surface area (Å²) in [5.74, 6) is -1.14. The summed E-state index contributed by atoms with van der Waals surface area (Å²) in [5, 5.41) is 8.86. The van der Waals surface area contributed by atoms with Gasteiger partial charge in [0, 0.05) is 13.0 Å². The highest BCUT2D eigenvalue weighted by Gasteiger charge is 2.28. The number of aliphatic carboxylic acids is 1. The smallest absolute Gasteiger partial charge is 0.333 e. The Bertz CT molecular complexity index is 190. The standard InChI is InChI=1S/C10H20FNO3/c1-7(3-4-11)5-8(6-12)9(15-2)10(13)14/h7-9H,3-6,12H2,1-2H3,(H,13,14)/t7-,8+,9?/m1/s1. The monoisotopic (exact) mass is 221 g/mol. The molecule has 0 aromatic heterocycles. The molecule has 90 valence electrons. The number of carbonyl (C=O) groups is 1. The third-order valence-corrected chi connectivity index (χ3v) is 2.54. The Morgan fingerprint density at radius 1 is 1.60 bits per heavy atom. The summed E-state index contributed by atoms with van der Waals surface area (Å²) in [7, 11) is 1.35. The Hall–Kier alpha value is -0.680. The Kier molecular flexibility index (Phi) is 7.25. The van der Waals surface area contributed by atoms with Gasteiger partial charge in [0.1, 0.15) is 0 Å². The van der Waals surface area contributed by atoms with Crippen LogP contribution in [0.4, 0.5) is 4.39 Å². The molecular formula is C10H20FNO3. The average molecular weight is 221 g/mol. The number of alkyl halides is 1. The molecule has 15 heavy (non-hydrogen) atoms. The normalized spacial score (nSPS) is 17.1. The van der Waals surface area contributed by atoms with E-state index in [1.807, 2.05) is 6.92 Å². The highest BCUT2D eigenvalue weighted by Crippen LogP contribution is 2.19. The van der Waals surface area contributed by atoms with E-state index in [2.05, 4.69) is 0 Å². The summed E-state index contributed by atoms with van der Waals surface area (Å²) in [6, 6.07) is 0. The Morgan fingerprint density at radius 2 is 2.20 bits per heavy atom. The minimum Gasteiger partial charge on any atom is -0.479 e. The Labute approximate surface area is 89.6 Å². The molecule has 0 aliphatic heterocycles. The maximum absolute atomic E-state index is 12.1. The second-order valence-corrected chi connectivity index (χ2v) is 3.81. The topological polar surface area (TPSA) is 72.5 Å². The highest BCUT2D eigenvalue weighted by atomic mass is 19.1.